The second kappa shape index (κ2) is 13.1. The predicted molar refractivity (Wildman–Crippen MR) is 174 cm³/mol. The minimum atomic E-state index is -4.11. The Morgan fingerprint density at radius 2 is 1.74 bits per heavy atom. The molecule has 228 valence electrons. The molecule has 0 unspecified atom stereocenters. The highest BCUT2D eigenvalue weighted by Crippen LogP contribution is 2.47. The number of fused-ring (bicyclic) bond motifs is 4. The lowest BCUT2D eigenvalue weighted by Gasteiger charge is -2.21. The highest BCUT2D eigenvalue weighted by Gasteiger charge is 2.27. The standard InChI is InChI=1S/C30H31BrN2O7S3/c1-2-21(19-29-32(14-5-6-16-42(34,35)36)25-20-23(31)11-13-27(25)41-29)18-28-33(15-7-17-43(37,38)39)30-24-9-4-3-8-22(24)10-12-26(30)40-28/h3-4,8-13,18-20H,2,5-7,14-17H2,1H3,(H-,34,35,36,37,38,39)/p+1. The summed E-state index contributed by atoms with van der Waals surface area (Å²) in [6.07, 6.45) is 5.86. The number of nitrogens with zero attached hydrogens (tertiary/aromatic N) is 2. The Morgan fingerprint density at radius 3 is 2.49 bits per heavy atom. The number of aromatic nitrogens is 1. The van der Waals surface area contributed by atoms with Gasteiger partial charge in [0.1, 0.15) is 0 Å². The van der Waals surface area contributed by atoms with Crippen LogP contribution in [-0.2, 0) is 26.8 Å². The van der Waals surface area contributed by atoms with Crippen LogP contribution in [0.1, 0.15) is 38.5 Å². The molecule has 4 aromatic rings. The van der Waals surface area contributed by atoms with Crippen LogP contribution in [0.15, 0.2) is 85.1 Å². The number of rotatable bonds is 12. The Morgan fingerprint density at radius 1 is 1.00 bits per heavy atom. The summed E-state index contributed by atoms with van der Waals surface area (Å²) in [5.74, 6) is -0.0719. The first-order valence-electron chi connectivity index (χ1n) is 13.8. The van der Waals surface area contributed by atoms with E-state index in [0.29, 0.717) is 43.8 Å². The van der Waals surface area contributed by atoms with Crippen molar-refractivity contribution in [3.05, 3.63) is 81.6 Å². The Labute approximate surface area is 263 Å². The van der Waals surface area contributed by atoms with E-state index in [2.05, 4.69) is 26.9 Å². The van der Waals surface area contributed by atoms with E-state index in [0.717, 1.165) is 41.9 Å². The fourth-order valence-corrected chi connectivity index (χ4v) is 7.69. The van der Waals surface area contributed by atoms with Crippen molar-refractivity contribution in [2.24, 2.45) is 0 Å². The zero-order valence-corrected chi connectivity index (χ0v) is 27.5. The number of aryl methyl sites for hydroxylation is 1. The predicted octanol–water partition coefficient (Wildman–Crippen LogP) is 6.83. The van der Waals surface area contributed by atoms with Crippen molar-refractivity contribution in [1.29, 1.82) is 0 Å². The molecule has 0 bridgehead atoms. The summed E-state index contributed by atoms with van der Waals surface area (Å²) >= 11 is 5.18. The average molecular weight is 709 g/mol. The summed E-state index contributed by atoms with van der Waals surface area (Å²) in [6.45, 7) is 2.94. The van der Waals surface area contributed by atoms with Crippen LogP contribution in [0.25, 0.3) is 27.9 Å². The van der Waals surface area contributed by atoms with Crippen LogP contribution in [0.2, 0.25) is 0 Å². The molecule has 43 heavy (non-hydrogen) atoms. The van der Waals surface area contributed by atoms with Gasteiger partial charge >= 0.3 is 5.89 Å². The second-order valence-corrected chi connectivity index (χ2v) is 15.4. The quantitative estimate of drug-likeness (QED) is 0.0925. The van der Waals surface area contributed by atoms with Gasteiger partial charge in [-0.3, -0.25) is 9.11 Å². The van der Waals surface area contributed by atoms with Gasteiger partial charge in [-0.05, 0) is 66.6 Å². The average Bonchev–Trinajstić information content (AvgIpc) is 3.46. The fraction of sp³-hybridized carbons (Fsp3) is 0.300. The van der Waals surface area contributed by atoms with Gasteiger partial charge in [-0.15, -0.1) is 0 Å². The number of hydrogen-bond donors (Lipinski definition) is 2. The summed E-state index contributed by atoms with van der Waals surface area (Å²) in [5.41, 5.74) is 3.52. The topological polar surface area (TPSA) is 129 Å². The number of benzene rings is 3. The van der Waals surface area contributed by atoms with Gasteiger partial charge in [0.25, 0.3) is 25.8 Å². The first-order valence-corrected chi connectivity index (χ1v) is 18.7. The van der Waals surface area contributed by atoms with E-state index in [9.17, 15) is 21.4 Å². The van der Waals surface area contributed by atoms with Crippen molar-refractivity contribution in [3.63, 3.8) is 0 Å². The smallest absolute Gasteiger partial charge is 0.374 e. The molecule has 9 nitrogen and oxygen atoms in total. The summed E-state index contributed by atoms with van der Waals surface area (Å²) < 4.78 is 73.2. The first kappa shape index (κ1) is 31.7. The van der Waals surface area contributed by atoms with Crippen molar-refractivity contribution in [3.8, 4) is 0 Å². The Bertz CT molecular complexity index is 1950. The normalized spacial score (nSPS) is 15.2. The fourth-order valence-electron chi connectivity index (χ4n) is 5.14. The molecule has 0 atom stereocenters. The highest BCUT2D eigenvalue weighted by atomic mass is 79.9. The van der Waals surface area contributed by atoms with Crippen LogP contribution in [0, 0.1) is 0 Å². The van der Waals surface area contributed by atoms with Crippen molar-refractivity contribution < 1.29 is 34.9 Å². The van der Waals surface area contributed by atoms with Gasteiger partial charge in [-0.25, -0.2) is 0 Å². The molecule has 0 fully saturated rings. The van der Waals surface area contributed by atoms with Gasteiger partial charge in [0.2, 0.25) is 5.58 Å². The summed E-state index contributed by atoms with van der Waals surface area (Å²) in [4.78, 5) is 3.24. The van der Waals surface area contributed by atoms with Crippen molar-refractivity contribution in [2.75, 3.05) is 23.0 Å². The molecule has 0 spiro atoms. The molecule has 0 aliphatic carbocycles. The van der Waals surface area contributed by atoms with Gasteiger partial charge in [0, 0.05) is 22.3 Å². The van der Waals surface area contributed by atoms with Gasteiger partial charge in [0.05, 0.1) is 33.7 Å². The molecule has 2 heterocycles. The number of hydrogen-bond acceptors (Lipinski definition) is 7. The Hall–Kier alpha value is -2.68. The Balaban J connectivity index is 1.53. The molecule has 0 saturated heterocycles. The number of anilines is 1. The third-order valence-corrected chi connectivity index (χ3v) is 10.4. The van der Waals surface area contributed by atoms with Crippen LogP contribution in [0.4, 0.5) is 5.69 Å². The summed E-state index contributed by atoms with van der Waals surface area (Å²) in [7, 11) is -8.13. The third kappa shape index (κ3) is 7.89. The molecule has 1 aromatic heterocycles. The van der Waals surface area contributed by atoms with Crippen LogP contribution in [0.5, 0.6) is 0 Å². The maximum Gasteiger partial charge on any atom is 0.374 e. The van der Waals surface area contributed by atoms with E-state index in [1.54, 1.807) is 11.8 Å². The van der Waals surface area contributed by atoms with Crippen molar-refractivity contribution >= 4 is 81.6 Å². The van der Waals surface area contributed by atoms with E-state index in [1.807, 2.05) is 72.2 Å². The number of oxazole rings is 1. The largest absolute Gasteiger partial charge is 0.398 e. The van der Waals surface area contributed by atoms with Crippen LogP contribution in [0.3, 0.4) is 0 Å². The van der Waals surface area contributed by atoms with E-state index < -0.39 is 20.2 Å². The lowest BCUT2D eigenvalue weighted by atomic mass is 10.1. The van der Waals surface area contributed by atoms with Gasteiger partial charge < -0.3 is 9.32 Å². The monoisotopic (exact) mass is 707 g/mol. The maximum absolute atomic E-state index is 11.5. The van der Waals surface area contributed by atoms with E-state index in [1.165, 1.54) is 0 Å². The molecule has 5 rings (SSSR count). The molecule has 0 amide bonds. The molecule has 0 radical (unpaired) electrons. The number of unbranched alkanes of at least 4 members (excludes halogenated alkanes) is 1. The van der Waals surface area contributed by atoms with Crippen molar-refractivity contribution in [1.82, 2.24) is 0 Å². The minimum Gasteiger partial charge on any atom is -0.398 e. The number of thioether (sulfide) groups is 1. The number of halogens is 1. The Kier molecular flexibility index (Phi) is 9.69. The molecule has 13 heteroatoms. The minimum absolute atomic E-state index is 0.210. The lowest BCUT2D eigenvalue weighted by Crippen LogP contribution is -2.36. The zero-order valence-electron chi connectivity index (χ0n) is 23.4. The van der Waals surface area contributed by atoms with Crippen molar-refractivity contribution in [2.45, 2.75) is 44.0 Å². The first-order chi connectivity index (χ1) is 20.4. The van der Waals surface area contributed by atoms with Gasteiger partial charge in [0.15, 0.2) is 6.54 Å². The number of allylic oxidation sites excluding steroid dienone is 2. The molecule has 1 aliphatic rings. The molecule has 0 saturated carbocycles. The molecular weight excluding hydrogens is 676 g/mol. The highest BCUT2D eigenvalue weighted by molar-refractivity contribution is 9.10. The summed E-state index contributed by atoms with van der Waals surface area (Å²) in [5, 5.41) is 2.99. The molecule has 2 N–H and O–H groups in total. The SMILES string of the molecule is CCC(/C=C1\Sc2ccc(Br)cc2N1CCCCS(=O)(=O)O)=C\c1oc2ccc3ccccc3c2[n+]1CCCS(=O)(=O)O. The molecule has 1 aliphatic heterocycles. The van der Waals surface area contributed by atoms with Crippen LogP contribution >= 0.6 is 27.7 Å². The van der Waals surface area contributed by atoms with Crippen LogP contribution < -0.4 is 9.47 Å². The third-order valence-electron chi connectivity index (χ3n) is 7.15. The van der Waals surface area contributed by atoms with E-state index >= 15 is 0 Å². The van der Waals surface area contributed by atoms with Gasteiger partial charge in [-0.1, -0.05) is 58.9 Å². The van der Waals surface area contributed by atoms with Crippen LogP contribution in [-0.4, -0.2) is 44.0 Å². The van der Waals surface area contributed by atoms with E-state index in [-0.39, 0.29) is 17.9 Å². The zero-order chi connectivity index (χ0) is 30.8. The summed E-state index contributed by atoms with van der Waals surface area (Å²) in [6, 6.07) is 17.9. The molecular formula is C30H32BrN2O7S3+. The molecule has 3 aromatic carbocycles. The lowest BCUT2D eigenvalue weighted by molar-refractivity contribution is -0.677. The second-order valence-electron chi connectivity index (χ2n) is 10.3. The van der Waals surface area contributed by atoms with Gasteiger partial charge in [-0.2, -0.15) is 21.4 Å². The van der Waals surface area contributed by atoms with E-state index in [4.69, 9.17) is 8.97 Å². The maximum atomic E-state index is 11.5.